The van der Waals surface area contributed by atoms with Crippen LogP contribution in [0.3, 0.4) is 0 Å². The van der Waals surface area contributed by atoms with Crippen LogP contribution in [-0.2, 0) is 23.9 Å². The molecule has 1 heterocycles. The minimum absolute atomic E-state index is 0.188. The first-order chi connectivity index (χ1) is 15.5. The molecule has 0 unspecified atom stereocenters. The van der Waals surface area contributed by atoms with Crippen LogP contribution < -0.4 is 0 Å². The van der Waals surface area contributed by atoms with Gasteiger partial charge in [-0.05, 0) is 49.1 Å². The van der Waals surface area contributed by atoms with Crippen molar-refractivity contribution in [3.8, 4) is 0 Å². The first-order valence-electron chi connectivity index (χ1n) is 10.6. The Hall–Kier alpha value is -3.12. The van der Waals surface area contributed by atoms with Gasteiger partial charge in [-0.2, -0.15) is 0 Å². The maximum Gasteiger partial charge on any atom is 0.339 e. The number of hydrogen-bond acceptors (Lipinski definition) is 5. The molecule has 0 N–H and O–H groups in total. The summed E-state index contributed by atoms with van der Waals surface area (Å²) in [5.41, 5.74) is 1.81. The maximum absolute atomic E-state index is 12.9. The number of nitrogens with zero attached hydrogens (tertiary/aromatic N) is 1. The van der Waals surface area contributed by atoms with Crippen molar-refractivity contribution in [2.45, 2.75) is 19.8 Å². The van der Waals surface area contributed by atoms with E-state index in [0.717, 1.165) is 5.56 Å². The third-order valence-corrected chi connectivity index (χ3v) is 5.53. The summed E-state index contributed by atoms with van der Waals surface area (Å²) < 4.78 is 10.4. The van der Waals surface area contributed by atoms with Crippen molar-refractivity contribution < 1.29 is 23.9 Å². The van der Waals surface area contributed by atoms with Crippen LogP contribution in [-0.4, -0.2) is 49.0 Å². The first-order valence-corrected chi connectivity index (χ1v) is 11.0. The van der Waals surface area contributed by atoms with Crippen molar-refractivity contribution in [2.24, 2.45) is 5.92 Å². The van der Waals surface area contributed by atoms with Gasteiger partial charge in [0.1, 0.15) is 0 Å². The van der Waals surface area contributed by atoms with Gasteiger partial charge in [0.15, 0.2) is 6.61 Å². The Kier molecular flexibility index (Phi) is 8.45. The molecule has 0 aromatic heterocycles. The molecule has 1 aliphatic heterocycles. The number of ether oxygens (including phenoxy) is 2. The SMILES string of the molecule is CCOC(=O)C1CCN(C(=O)COC(=O)/C(=C/c2ccccc2)c2ccc(Cl)cc2)CC1. The number of carbonyl (C=O) groups is 3. The normalized spacial score (nSPS) is 14.7. The minimum atomic E-state index is -0.592. The summed E-state index contributed by atoms with van der Waals surface area (Å²) in [5, 5.41) is 0.558. The van der Waals surface area contributed by atoms with E-state index in [1.807, 2.05) is 30.3 Å². The van der Waals surface area contributed by atoms with E-state index < -0.39 is 5.97 Å². The van der Waals surface area contributed by atoms with E-state index in [1.54, 1.807) is 42.2 Å². The van der Waals surface area contributed by atoms with Gasteiger partial charge in [-0.15, -0.1) is 0 Å². The highest BCUT2D eigenvalue weighted by molar-refractivity contribution is 6.30. The minimum Gasteiger partial charge on any atom is -0.466 e. The fraction of sp³-hybridized carbons (Fsp3) is 0.320. The zero-order chi connectivity index (χ0) is 22.9. The average Bonchev–Trinajstić information content (AvgIpc) is 2.82. The Morgan fingerprint density at radius 2 is 1.66 bits per heavy atom. The van der Waals surface area contributed by atoms with Crippen molar-refractivity contribution >= 4 is 41.1 Å². The zero-order valence-corrected chi connectivity index (χ0v) is 18.7. The van der Waals surface area contributed by atoms with Crippen molar-refractivity contribution in [3.63, 3.8) is 0 Å². The van der Waals surface area contributed by atoms with Crippen LogP contribution in [0.25, 0.3) is 11.6 Å². The molecule has 1 fully saturated rings. The van der Waals surface area contributed by atoms with Crippen molar-refractivity contribution in [1.29, 1.82) is 0 Å². The quantitative estimate of drug-likeness (QED) is 0.355. The van der Waals surface area contributed by atoms with E-state index in [1.165, 1.54) is 0 Å². The third-order valence-electron chi connectivity index (χ3n) is 5.28. The predicted molar refractivity (Wildman–Crippen MR) is 123 cm³/mol. The molecule has 3 rings (SSSR count). The molecule has 7 heteroatoms. The molecule has 0 spiro atoms. The van der Waals surface area contributed by atoms with E-state index >= 15 is 0 Å². The molecule has 2 aromatic carbocycles. The molecule has 32 heavy (non-hydrogen) atoms. The Balaban J connectivity index is 1.63. The zero-order valence-electron chi connectivity index (χ0n) is 18.0. The molecular formula is C25H26ClNO5. The molecule has 2 aromatic rings. The number of esters is 2. The smallest absolute Gasteiger partial charge is 0.339 e. The summed E-state index contributed by atoms with van der Waals surface area (Å²) in [7, 11) is 0. The average molecular weight is 456 g/mol. The van der Waals surface area contributed by atoms with Crippen molar-refractivity contribution in [2.75, 3.05) is 26.3 Å². The summed E-state index contributed by atoms with van der Waals surface area (Å²) in [6.07, 6.45) is 2.81. The van der Waals surface area contributed by atoms with Crippen LogP contribution in [0.4, 0.5) is 0 Å². The van der Waals surface area contributed by atoms with Gasteiger partial charge in [-0.3, -0.25) is 9.59 Å². The van der Waals surface area contributed by atoms with E-state index in [2.05, 4.69) is 0 Å². The number of carbonyl (C=O) groups excluding carboxylic acids is 3. The lowest BCUT2D eigenvalue weighted by atomic mass is 9.97. The molecule has 0 aliphatic carbocycles. The molecule has 0 atom stereocenters. The van der Waals surface area contributed by atoms with Gasteiger partial charge in [0, 0.05) is 18.1 Å². The fourth-order valence-electron chi connectivity index (χ4n) is 3.53. The second-order valence-corrected chi connectivity index (χ2v) is 7.90. The maximum atomic E-state index is 12.9. The molecule has 1 amide bonds. The van der Waals surface area contributed by atoms with E-state index in [-0.39, 0.29) is 24.4 Å². The molecule has 1 aliphatic rings. The van der Waals surface area contributed by atoms with Crippen molar-refractivity contribution in [3.05, 3.63) is 70.7 Å². The number of benzene rings is 2. The lowest BCUT2D eigenvalue weighted by Crippen LogP contribution is -2.42. The predicted octanol–water partition coefficient (Wildman–Crippen LogP) is 4.23. The lowest BCUT2D eigenvalue weighted by Gasteiger charge is -2.30. The highest BCUT2D eigenvalue weighted by atomic mass is 35.5. The standard InChI is InChI=1S/C25H26ClNO5/c1-2-31-24(29)20-12-14-27(15-13-20)23(28)17-32-25(30)22(16-18-6-4-3-5-7-18)19-8-10-21(26)11-9-19/h3-11,16,20H,2,12-15,17H2,1H3/b22-16+. The summed E-state index contributed by atoms with van der Waals surface area (Å²) >= 11 is 5.98. The summed E-state index contributed by atoms with van der Waals surface area (Å²) in [6.45, 7) is 2.63. The van der Waals surface area contributed by atoms with Gasteiger partial charge in [0.25, 0.3) is 5.91 Å². The highest BCUT2D eigenvalue weighted by Gasteiger charge is 2.28. The molecule has 6 nitrogen and oxygen atoms in total. The Morgan fingerprint density at radius 3 is 2.28 bits per heavy atom. The third kappa shape index (κ3) is 6.44. The monoisotopic (exact) mass is 455 g/mol. The number of halogens is 1. The molecule has 168 valence electrons. The van der Waals surface area contributed by atoms with Gasteiger partial charge < -0.3 is 14.4 Å². The fourth-order valence-corrected chi connectivity index (χ4v) is 3.65. The van der Waals surface area contributed by atoms with Crippen LogP contribution in [0.15, 0.2) is 54.6 Å². The second-order valence-electron chi connectivity index (χ2n) is 7.46. The van der Waals surface area contributed by atoms with Crippen LogP contribution in [0.5, 0.6) is 0 Å². The molecular weight excluding hydrogens is 430 g/mol. The number of rotatable bonds is 7. The van der Waals surface area contributed by atoms with E-state index in [0.29, 0.717) is 48.7 Å². The molecule has 1 saturated heterocycles. The largest absolute Gasteiger partial charge is 0.466 e. The number of hydrogen-bond donors (Lipinski definition) is 0. The van der Waals surface area contributed by atoms with Gasteiger partial charge in [-0.25, -0.2) is 4.79 Å². The summed E-state index contributed by atoms with van der Waals surface area (Å²) in [5.74, 6) is -1.28. The van der Waals surface area contributed by atoms with Crippen LogP contribution in [0.1, 0.15) is 30.9 Å². The van der Waals surface area contributed by atoms with Crippen LogP contribution >= 0.6 is 11.6 Å². The lowest BCUT2D eigenvalue weighted by molar-refractivity contribution is -0.153. The Bertz CT molecular complexity index is 964. The molecule has 0 bridgehead atoms. The topological polar surface area (TPSA) is 72.9 Å². The van der Waals surface area contributed by atoms with Crippen LogP contribution in [0.2, 0.25) is 5.02 Å². The van der Waals surface area contributed by atoms with Crippen LogP contribution in [0, 0.1) is 5.92 Å². The number of likely N-dealkylation sites (tertiary alicyclic amines) is 1. The molecule has 0 saturated carbocycles. The van der Waals surface area contributed by atoms with E-state index in [4.69, 9.17) is 21.1 Å². The van der Waals surface area contributed by atoms with Gasteiger partial charge in [-0.1, -0.05) is 54.1 Å². The van der Waals surface area contributed by atoms with Gasteiger partial charge in [0.2, 0.25) is 0 Å². The summed E-state index contributed by atoms with van der Waals surface area (Å²) in [6, 6.07) is 16.3. The van der Waals surface area contributed by atoms with Gasteiger partial charge >= 0.3 is 11.9 Å². The highest BCUT2D eigenvalue weighted by Crippen LogP contribution is 2.23. The summed E-state index contributed by atoms with van der Waals surface area (Å²) in [4.78, 5) is 38.9. The van der Waals surface area contributed by atoms with Gasteiger partial charge in [0.05, 0.1) is 18.1 Å². The second kappa shape index (κ2) is 11.5. The Labute approximate surface area is 192 Å². The number of amides is 1. The Morgan fingerprint density at radius 1 is 1.00 bits per heavy atom. The van der Waals surface area contributed by atoms with Crippen molar-refractivity contribution in [1.82, 2.24) is 4.90 Å². The van der Waals surface area contributed by atoms with E-state index in [9.17, 15) is 14.4 Å². The first kappa shape index (κ1) is 23.5. The molecule has 0 radical (unpaired) electrons. The number of piperidine rings is 1.